The highest BCUT2D eigenvalue weighted by molar-refractivity contribution is 7.92. The molecule has 31 heavy (non-hydrogen) atoms. The van der Waals surface area contributed by atoms with Gasteiger partial charge in [-0.15, -0.1) is 0 Å². The molecule has 0 radical (unpaired) electrons. The van der Waals surface area contributed by atoms with Crippen molar-refractivity contribution in [3.05, 3.63) is 89.5 Å². The predicted molar refractivity (Wildman–Crippen MR) is 122 cm³/mol. The third-order valence-electron chi connectivity index (χ3n) is 5.01. The first-order chi connectivity index (χ1) is 14.8. The van der Waals surface area contributed by atoms with E-state index in [0.717, 1.165) is 16.9 Å². The van der Waals surface area contributed by atoms with Crippen LogP contribution >= 0.6 is 0 Å². The molecule has 0 saturated heterocycles. The van der Waals surface area contributed by atoms with Crippen molar-refractivity contribution in [2.24, 2.45) is 0 Å². The van der Waals surface area contributed by atoms with Crippen molar-refractivity contribution in [1.82, 2.24) is 5.32 Å². The molecule has 3 rings (SSSR count). The number of rotatable bonds is 8. The Morgan fingerprint density at radius 1 is 1.00 bits per heavy atom. The standard InChI is InChI=1S/C24H26N2O4S/c1-18-7-11-21(12-8-18)26(2)31(28,29)23-6-4-5-20(17-23)24(27)25-16-15-19-9-13-22(30-3)14-10-19/h4-14,17H,15-16H2,1-3H3,(H,25,27). The third kappa shape index (κ3) is 5.44. The molecule has 0 saturated carbocycles. The second-order valence-corrected chi connectivity index (χ2v) is 9.16. The molecule has 1 amide bonds. The van der Waals surface area contributed by atoms with Crippen molar-refractivity contribution in [1.29, 1.82) is 0 Å². The first kappa shape index (κ1) is 22.4. The van der Waals surface area contributed by atoms with Gasteiger partial charge in [0.1, 0.15) is 5.75 Å². The number of sulfonamides is 1. The van der Waals surface area contributed by atoms with E-state index in [1.54, 1.807) is 31.4 Å². The van der Waals surface area contributed by atoms with Gasteiger partial charge in [0.25, 0.3) is 15.9 Å². The highest BCUT2D eigenvalue weighted by Gasteiger charge is 2.22. The van der Waals surface area contributed by atoms with Gasteiger partial charge in [0.15, 0.2) is 0 Å². The van der Waals surface area contributed by atoms with Crippen LogP contribution in [0.1, 0.15) is 21.5 Å². The topological polar surface area (TPSA) is 75.7 Å². The molecular formula is C24H26N2O4S. The van der Waals surface area contributed by atoms with Crippen LogP contribution in [0, 0.1) is 6.92 Å². The van der Waals surface area contributed by atoms with Crippen LogP contribution in [0.2, 0.25) is 0 Å². The van der Waals surface area contributed by atoms with Crippen LogP contribution in [0.15, 0.2) is 77.7 Å². The van der Waals surface area contributed by atoms with E-state index >= 15 is 0 Å². The monoisotopic (exact) mass is 438 g/mol. The minimum absolute atomic E-state index is 0.0679. The fraction of sp³-hybridized carbons (Fsp3) is 0.208. The van der Waals surface area contributed by atoms with Gasteiger partial charge >= 0.3 is 0 Å². The summed E-state index contributed by atoms with van der Waals surface area (Å²) in [7, 11) is -0.675. The maximum atomic E-state index is 13.0. The molecule has 0 unspecified atom stereocenters. The average Bonchev–Trinajstić information content (AvgIpc) is 2.79. The summed E-state index contributed by atoms with van der Waals surface area (Å²) in [5.41, 5.74) is 2.97. The number of ether oxygens (including phenoxy) is 1. The number of anilines is 1. The van der Waals surface area contributed by atoms with Crippen LogP contribution in [-0.4, -0.2) is 35.0 Å². The maximum absolute atomic E-state index is 13.0. The zero-order valence-corrected chi connectivity index (χ0v) is 18.6. The van der Waals surface area contributed by atoms with E-state index < -0.39 is 10.0 Å². The lowest BCUT2D eigenvalue weighted by Gasteiger charge is -2.20. The Hall–Kier alpha value is -3.32. The molecule has 0 spiro atoms. The highest BCUT2D eigenvalue weighted by atomic mass is 32.2. The van der Waals surface area contributed by atoms with Gasteiger partial charge in [-0.3, -0.25) is 9.10 Å². The van der Waals surface area contributed by atoms with Crippen molar-refractivity contribution in [2.75, 3.05) is 25.0 Å². The Bertz CT molecular complexity index is 1140. The van der Waals surface area contributed by atoms with Crippen LogP contribution in [0.25, 0.3) is 0 Å². The molecule has 0 heterocycles. The van der Waals surface area contributed by atoms with Gasteiger partial charge in [0, 0.05) is 19.2 Å². The Labute approximate surface area is 183 Å². The SMILES string of the molecule is COc1ccc(CCNC(=O)c2cccc(S(=O)(=O)N(C)c3ccc(C)cc3)c2)cc1. The summed E-state index contributed by atoms with van der Waals surface area (Å²) in [5.74, 6) is 0.463. The zero-order valence-electron chi connectivity index (χ0n) is 17.8. The van der Waals surface area contributed by atoms with Crippen molar-refractivity contribution < 1.29 is 17.9 Å². The van der Waals surface area contributed by atoms with Gasteiger partial charge in [-0.2, -0.15) is 0 Å². The van der Waals surface area contributed by atoms with E-state index in [4.69, 9.17) is 4.74 Å². The summed E-state index contributed by atoms with van der Waals surface area (Å²) in [4.78, 5) is 12.6. The van der Waals surface area contributed by atoms with Crippen molar-refractivity contribution in [3.8, 4) is 5.75 Å². The van der Waals surface area contributed by atoms with Gasteiger partial charge in [0.05, 0.1) is 17.7 Å². The normalized spacial score (nSPS) is 11.1. The molecule has 1 N–H and O–H groups in total. The first-order valence-corrected chi connectivity index (χ1v) is 11.3. The molecular weight excluding hydrogens is 412 g/mol. The van der Waals surface area contributed by atoms with E-state index in [9.17, 15) is 13.2 Å². The Morgan fingerprint density at radius 2 is 1.68 bits per heavy atom. The largest absolute Gasteiger partial charge is 0.497 e. The second kappa shape index (κ2) is 9.66. The van der Waals surface area contributed by atoms with Gasteiger partial charge in [-0.1, -0.05) is 35.9 Å². The predicted octanol–water partition coefficient (Wildman–Crippen LogP) is 3.80. The lowest BCUT2D eigenvalue weighted by molar-refractivity contribution is 0.0954. The highest BCUT2D eigenvalue weighted by Crippen LogP contribution is 2.23. The van der Waals surface area contributed by atoms with Gasteiger partial charge < -0.3 is 10.1 Å². The summed E-state index contributed by atoms with van der Waals surface area (Å²) in [5, 5.41) is 2.84. The molecule has 0 aliphatic rings. The van der Waals surface area contributed by atoms with Crippen LogP contribution in [0.4, 0.5) is 5.69 Å². The van der Waals surface area contributed by atoms with Gasteiger partial charge in [-0.25, -0.2) is 8.42 Å². The van der Waals surface area contributed by atoms with Crippen LogP contribution in [0.5, 0.6) is 5.75 Å². The summed E-state index contributed by atoms with van der Waals surface area (Å²) in [6, 6.07) is 20.9. The van der Waals surface area contributed by atoms with E-state index in [0.29, 0.717) is 24.2 Å². The zero-order chi connectivity index (χ0) is 22.4. The Morgan fingerprint density at radius 3 is 2.32 bits per heavy atom. The number of hydrogen-bond acceptors (Lipinski definition) is 4. The number of hydrogen-bond donors (Lipinski definition) is 1. The molecule has 3 aromatic carbocycles. The minimum Gasteiger partial charge on any atom is -0.497 e. The number of amides is 1. The summed E-state index contributed by atoms with van der Waals surface area (Å²) >= 11 is 0. The lowest BCUT2D eigenvalue weighted by Crippen LogP contribution is -2.28. The Balaban J connectivity index is 1.68. The van der Waals surface area contributed by atoms with E-state index in [-0.39, 0.29) is 10.8 Å². The molecule has 7 heteroatoms. The van der Waals surface area contributed by atoms with E-state index in [1.165, 1.54) is 23.5 Å². The smallest absolute Gasteiger partial charge is 0.264 e. The summed E-state index contributed by atoms with van der Waals surface area (Å²) < 4.78 is 32.4. The molecule has 0 aliphatic carbocycles. The lowest BCUT2D eigenvalue weighted by atomic mass is 10.1. The molecule has 3 aromatic rings. The fourth-order valence-electron chi connectivity index (χ4n) is 3.06. The number of nitrogens with zero attached hydrogens (tertiary/aromatic N) is 1. The van der Waals surface area contributed by atoms with Crippen molar-refractivity contribution >= 4 is 21.6 Å². The van der Waals surface area contributed by atoms with Crippen molar-refractivity contribution in [3.63, 3.8) is 0 Å². The second-order valence-electron chi connectivity index (χ2n) is 7.19. The summed E-state index contributed by atoms with van der Waals surface area (Å²) in [6.45, 7) is 2.38. The number of benzene rings is 3. The molecule has 0 bridgehead atoms. The minimum atomic E-state index is -3.79. The summed E-state index contributed by atoms with van der Waals surface area (Å²) in [6.07, 6.45) is 0.657. The number of aryl methyl sites for hydroxylation is 1. The number of carbonyl (C=O) groups excluding carboxylic acids is 1. The van der Waals surface area contributed by atoms with E-state index in [2.05, 4.69) is 5.32 Å². The molecule has 0 atom stereocenters. The molecule has 162 valence electrons. The number of nitrogens with one attached hydrogen (secondary N) is 1. The maximum Gasteiger partial charge on any atom is 0.264 e. The number of methoxy groups -OCH3 is 1. The van der Waals surface area contributed by atoms with E-state index in [1.807, 2.05) is 43.3 Å². The molecule has 0 fully saturated rings. The average molecular weight is 439 g/mol. The third-order valence-corrected chi connectivity index (χ3v) is 6.79. The fourth-order valence-corrected chi connectivity index (χ4v) is 4.31. The Kier molecular flexibility index (Phi) is 6.97. The van der Waals surface area contributed by atoms with Gasteiger partial charge in [0.2, 0.25) is 0 Å². The number of carbonyl (C=O) groups is 1. The van der Waals surface area contributed by atoms with Crippen LogP contribution in [-0.2, 0) is 16.4 Å². The quantitative estimate of drug-likeness (QED) is 0.580. The molecule has 0 aromatic heterocycles. The molecule has 6 nitrogen and oxygen atoms in total. The first-order valence-electron chi connectivity index (χ1n) is 9.88. The van der Waals surface area contributed by atoms with Crippen molar-refractivity contribution in [2.45, 2.75) is 18.2 Å². The van der Waals surface area contributed by atoms with Gasteiger partial charge in [-0.05, 0) is 61.4 Å². The van der Waals surface area contributed by atoms with Crippen LogP contribution < -0.4 is 14.4 Å². The van der Waals surface area contributed by atoms with Crippen LogP contribution in [0.3, 0.4) is 0 Å². The molecule has 0 aliphatic heterocycles.